The van der Waals surface area contributed by atoms with Gasteiger partial charge in [0.25, 0.3) is 0 Å². The Bertz CT molecular complexity index is 190. The summed E-state index contributed by atoms with van der Waals surface area (Å²) in [6, 6.07) is 0. The van der Waals surface area contributed by atoms with Crippen molar-refractivity contribution < 1.29 is 9.59 Å². The molecule has 0 spiro atoms. The molecule has 0 atom stereocenters. The lowest BCUT2D eigenvalue weighted by Crippen LogP contribution is -2.36. The van der Waals surface area contributed by atoms with Crippen molar-refractivity contribution in [1.29, 1.82) is 0 Å². The minimum Gasteiger partial charge on any atom is -0.355 e. The lowest BCUT2D eigenvalue weighted by Gasteiger charge is -2.03. The summed E-state index contributed by atoms with van der Waals surface area (Å²) in [5.74, 6) is -0.491. The Morgan fingerprint density at radius 3 is 2.62 bits per heavy atom. The molecule has 0 saturated carbocycles. The fourth-order valence-corrected chi connectivity index (χ4v) is 0.707. The monoisotopic (exact) mass is 184 g/mol. The number of hydrogen-bond donors (Lipinski definition) is 2. The van der Waals surface area contributed by atoms with Crippen LogP contribution in [0.1, 0.15) is 19.8 Å². The smallest absolute Gasteiger partial charge is 0.243 e. The van der Waals surface area contributed by atoms with Gasteiger partial charge < -0.3 is 10.6 Å². The quantitative estimate of drug-likeness (QED) is 0.458. The first-order valence-electron chi connectivity index (χ1n) is 4.37. The van der Waals surface area contributed by atoms with Crippen LogP contribution in [-0.2, 0) is 9.59 Å². The Hall–Kier alpha value is -1.32. The normalized spacial score (nSPS) is 9.00. The number of carbonyl (C=O) groups excluding carboxylic acids is 2. The predicted octanol–water partition coefficient (Wildman–Crippen LogP) is 0.205. The van der Waals surface area contributed by atoms with Crippen LogP contribution < -0.4 is 10.6 Å². The molecule has 2 amide bonds. The van der Waals surface area contributed by atoms with Crippen molar-refractivity contribution in [2.24, 2.45) is 0 Å². The second-order valence-corrected chi connectivity index (χ2v) is 2.63. The average molecular weight is 184 g/mol. The van der Waals surface area contributed by atoms with Crippen molar-refractivity contribution >= 4 is 11.8 Å². The van der Waals surface area contributed by atoms with Gasteiger partial charge in [-0.15, -0.1) is 0 Å². The number of nitrogens with one attached hydrogen (secondary N) is 2. The van der Waals surface area contributed by atoms with Gasteiger partial charge in [-0.1, -0.05) is 19.9 Å². The maximum Gasteiger partial charge on any atom is 0.243 e. The number of amides is 2. The van der Waals surface area contributed by atoms with Gasteiger partial charge in [-0.3, -0.25) is 9.59 Å². The summed E-state index contributed by atoms with van der Waals surface area (Å²) in [7, 11) is 0. The fourth-order valence-electron chi connectivity index (χ4n) is 0.707. The van der Waals surface area contributed by atoms with Crippen molar-refractivity contribution in [1.82, 2.24) is 10.6 Å². The molecule has 0 aromatic carbocycles. The summed E-state index contributed by atoms with van der Waals surface area (Å²) in [6.45, 7) is 6.01. The van der Waals surface area contributed by atoms with E-state index < -0.39 is 0 Å². The lowest BCUT2D eigenvalue weighted by atomic mass is 10.3. The van der Waals surface area contributed by atoms with Gasteiger partial charge in [0.15, 0.2) is 0 Å². The van der Waals surface area contributed by atoms with E-state index in [1.54, 1.807) is 0 Å². The van der Waals surface area contributed by atoms with Crippen molar-refractivity contribution in [3.63, 3.8) is 0 Å². The van der Waals surface area contributed by atoms with E-state index in [0.29, 0.717) is 6.54 Å². The van der Waals surface area contributed by atoms with Gasteiger partial charge in [0, 0.05) is 6.54 Å². The fraction of sp³-hybridized carbons (Fsp3) is 0.556. The molecular formula is C9H16N2O2. The SMILES string of the molecule is C=CC(=O)NCC(=O)NCCCC. The van der Waals surface area contributed by atoms with Crippen molar-refractivity contribution in [2.75, 3.05) is 13.1 Å². The zero-order chi connectivity index (χ0) is 10.1. The van der Waals surface area contributed by atoms with Crippen LogP contribution >= 0.6 is 0 Å². The van der Waals surface area contributed by atoms with Crippen molar-refractivity contribution in [3.8, 4) is 0 Å². The summed E-state index contributed by atoms with van der Waals surface area (Å²) >= 11 is 0. The van der Waals surface area contributed by atoms with Crippen LogP contribution in [-0.4, -0.2) is 24.9 Å². The van der Waals surface area contributed by atoms with E-state index in [9.17, 15) is 9.59 Å². The molecule has 0 rings (SSSR count). The van der Waals surface area contributed by atoms with E-state index in [1.807, 2.05) is 6.92 Å². The molecule has 0 unspecified atom stereocenters. The first kappa shape index (κ1) is 11.7. The maximum absolute atomic E-state index is 11.0. The summed E-state index contributed by atoms with van der Waals surface area (Å²) in [5, 5.41) is 5.07. The molecule has 0 aliphatic heterocycles. The van der Waals surface area contributed by atoms with E-state index in [2.05, 4.69) is 17.2 Å². The predicted molar refractivity (Wildman–Crippen MR) is 51.1 cm³/mol. The topological polar surface area (TPSA) is 58.2 Å². The average Bonchev–Trinajstić information content (AvgIpc) is 2.14. The van der Waals surface area contributed by atoms with E-state index in [-0.39, 0.29) is 18.4 Å². The van der Waals surface area contributed by atoms with Crippen molar-refractivity contribution in [3.05, 3.63) is 12.7 Å². The van der Waals surface area contributed by atoms with Crippen molar-refractivity contribution in [2.45, 2.75) is 19.8 Å². The Morgan fingerprint density at radius 1 is 1.38 bits per heavy atom. The molecule has 2 N–H and O–H groups in total. The first-order valence-corrected chi connectivity index (χ1v) is 4.37. The van der Waals surface area contributed by atoms with E-state index in [1.165, 1.54) is 0 Å². The van der Waals surface area contributed by atoms with Crippen LogP contribution in [0.3, 0.4) is 0 Å². The molecule has 0 radical (unpaired) electrons. The highest BCUT2D eigenvalue weighted by Gasteiger charge is 2.00. The molecule has 4 heteroatoms. The van der Waals surface area contributed by atoms with Crippen LogP contribution in [0.2, 0.25) is 0 Å². The molecule has 0 aromatic rings. The Kier molecular flexibility index (Phi) is 6.59. The molecule has 0 saturated heterocycles. The van der Waals surface area contributed by atoms with Crippen LogP contribution in [0, 0.1) is 0 Å². The molecule has 0 aliphatic carbocycles. The summed E-state index contributed by atoms with van der Waals surface area (Å²) in [4.78, 5) is 21.6. The second-order valence-electron chi connectivity index (χ2n) is 2.63. The van der Waals surface area contributed by atoms with Gasteiger partial charge in [0.2, 0.25) is 11.8 Å². The van der Waals surface area contributed by atoms with Gasteiger partial charge in [-0.2, -0.15) is 0 Å². The third-order valence-electron chi connectivity index (χ3n) is 1.46. The molecule has 0 heterocycles. The van der Waals surface area contributed by atoms with Gasteiger partial charge >= 0.3 is 0 Å². The Balaban J connectivity index is 3.40. The van der Waals surface area contributed by atoms with Gasteiger partial charge in [-0.05, 0) is 12.5 Å². The molecule has 74 valence electrons. The zero-order valence-electron chi connectivity index (χ0n) is 7.93. The Labute approximate surface area is 78.4 Å². The van der Waals surface area contributed by atoms with Crippen LogP contribution in [0.4, 0.5) is 0 Å². The molecule has 0 aromatic heterocycles. The highest BCUT2D eigenvalue weighted by molar-refractivity contribution is 5.90. The number of carbonyl (C=O) groups is 2. The van der Waals surface area contributed by atoms with Gasteiger partial charge in [0.1, 0.15) is 0 Å². The van der Waals surface area contributed by atoms with Crippen LogP contribution in [0.15, 0.2) is 12.7 Å². The van der Waals surface area contributed by atoms with Gasteiger partial charge in [-0.25, -0.2) is 0 Å². The van der Waals surface area contributed by atoms with Gasteiger partial charge in [0.05, 0.1) is 6.54 Å². The molecule has 4 nitrogen and oxygen atoms in total. The minimum atomic E-state index is -0.328. The van der Waals surface area contributed by atoms with E-state index in [0.717, 1.165) is 18.9 Å². The largest absolute Gasteiger partial charge is 0.355 e. The summed E-state index contributed by atoms with van der Waals surface area (Å²) < 4.78 is 0. The zero-order valence-corrected chi connectivity index (χ0v) is 7.93. The maximum atomic E-state index is 11.0. The number of unbranched alkanes of at least 4 members (excludes halogenated alkanes) is 1. The third kappa shape index (κ3) is 7.05. The Morgan fingerprint density at radius 2 is 2.08 bits per heavy atom. The molecule has 0 fully saturated rings. The highest BCUT2D eigenvalue weighted by atomic mass is 16.2. The van der Waals surface area contributed by atoms with Crippen LogP contribution in [0.25, 0.3) is 0 Å². The molecule has 0 bridgehead atoms. The van der Waals surface area contributed by atoms with E-state index >= 15 is 0 Å². The minimum absolute atomic E-state index is 0.0224. The van der Waals surface area contributed by atoms with Crippen LogP contribution in [0.5, 0.6) is 0 Å². The van der Waals surface area contributed by atoms with E-state index in [4.69, 9.17) is 0 Å². The first-order chi connectivity index (χ1) is 6.20. The number of hydrogen-bond acceptors (Lipinski definition) is 2. The number of rotatable bonds is 6. The third-order valence-corrected chi connectivity index (χ3v) is 1.46. The molecular weight excluding hydrogens is 168 g/mol. The summed E-state index contributed by atoms with van der Waals surface area (Å²) in [6.07, 6.45) is 3.14. The standard InChI is InChI=1S/C9H16N2O2/c1-3-5-6-10-9(13)7-11-8(12)4-2/h4H,2-3,5-7H2,1H3,(H,10,13)(H,11,12). The molecule has 13 heavy (non-hydrogen) atoms. The lowest BCUT2D eigenvalue weighted by molar-refractivity contribution is -0.123. The second kappa shape index (κ2) is 7.34. The summed E-state index contributed by atoms with van der Waals surface area (Å²) in [5.41, 5.74) is 0. The highest BCUT2D eigenvalue weighted by Crippen LogP contribution is 1.81. The molecule has 0 aliphatic rings.